The fraction of sp³-hybridized carbons (Fsp3) is 0.440. The molecule has 2 rings (SSSR count). The summed E-state index contributed by atoms with van der Waals surface area (Å²) < 4.78 is 5.80. The number of amides is 1. The second-order valence-corrected chi connectivity index (χ2v) is 7.51. The van der Waals surface area contributed by atoms with Crippen molar-refractivity contribution in [3.8, 4) is 5.75 Å². The molecule has 1 N–H and O–H groups in total. The molecule has 0 atom stereocenters. The summed E-state index contributed by atoms with van der Waals surface area (Å²) in [6.45, 7) is 4.84. The molecule has 0 aliphatic carbocycles. The quantitative estimate of drug-likeness (QED) is 0.251. The third-order valence-electron chi connectivity index (χ3n) is 4.82. The van der Waals surface area contributed by atoms with Crippen molar-refractivity contribution >= 4 is 12.1 Å². The topological polar surface area (TPSA) is 50.7 Å². The molecule has 2 aromatic carbocycles. The van der Waals surface area contributed by atoms with Gasteiger partial charge in [0.2, 0.25) is 5.91 Å². The minimum Gasteiger partial charge on any atom is -0.489 e. The molecular formula is C25H34N2O2. The second kappa shape index (κ2) is 13.5. The molecule has 0 heterocycles. The number of unbranched alkanes of at least 4 members (excludes halogenated alkanes) is 6. The fourth-order valence-corrected chi connectivity index (χ4v) is 2.98. The van der Waals surface area contributed by atoms with Gasteiger partial charge in [0, 0.05) is 6.42 Å². The van der Waals surface area contributed by atoms with E-state index in [1.165, 1.54) is 37.7 Å². The van der Waals surface area contributed by atoms with Gasteiger partial charge >= 0.3 is 0 Å². The van der Waals surface area contributed by atoms with Crippen molar-refractivity contribution in [3.05, 3.63) is 65.2 Å². The molecule has 0 saturated heterocycles. The highest BCUT2D eigenvalue weighted by molar-refractivity contribution is 5.82. The van der Waals surface area contributed by atoms with Crippen LogP contribution in [0.5, 0.6) is 5.75 Å². The van der Waals surface area contributed by atoms with Crippen molar-refractivity contribution in [2.45, 2.75) is 71.8 Å². The second-order valence-electron chi connectivity index (χ2n) is 7.51. The van der Waals surface area contributed by atoms with Crippen molar-refractivity contribution in [3.63, 3.8) is 0 Å². The van der Waals surface area contributed by atoms with Crippen LogP contribution in [-0.4, -0.2) is 12.1 Å². The third-order valence-corrected chi connectivity index (χ3v) is 4.82. The lowest BCUT2D eigenvalue weighted by atomic mass is 10.1. The summed E-state index contributed by atoms with van der Waals surface area (Å²) in [6.07, 6.45) is 10.6. The van der Waals surface area contributed by atoms with Crippen molar-refractivity contribution in [1.82, 2.24) is 5.43 Å². The zero-order valence-electron chi connectivity index (χ0n) is 17.8. The summed E-state index contributed by atoms with van der Waals surface area (Å²) in [7, 11) is 0. The Bertz CT molecular complexity index is 736. The van der Waals surface area contributed by atoms with E-state index >= 15 is 0 Å². The smallest absolute Gasteiger partial charge is 0.240 e. The lowest BCUT2D eigenvalue weighted by Gasteiger charge is -2.07. The monoisotopic (exact) mass is 394 g/mol. The van der Waals surface area contributed by atoms with Gasteiger partial charge in [0.15, 0.2) is 0 Å². The highest BCUT2D eigenvalue weighted by Gasteiger charge is 2.00. The van der Waals surface area contributed by atoms with Crippen LogP contribution in [0.2, 0.25) is 0 Å². The molecule has 0 aliphatic rings. The van der Waals surface area contributed by atoms with E-state index in [4.69, 9.17) is 4.74 Å². The van der Waals surface area contributed by atoms with Crippen LogP contribution in [0.3, 0.4) is 0 Å². The standard InChI is InChI=1S/C25H34N2O2/c1-3-4-5-6-7-8-9-10-25(28)27-26-19-22-15-17-24(18-16-22)29-20-23-13-11-21(2)12-14-23/h11-19H,3-10,20H2,1-2H3,(H,27,28)/b26-19-. The minimum atomic E-state index is -0.0205. The average molecular weight is 395 g/mol. The Kier molecular flexibility index (Phi) is 10.6. The van der Waals surface area contributed by atoms with Crippen LogP contribution < -0.4 is 10.2 Å². The highest BCUT2D eigenvalue weighted by atomic mass is 16.5. The maximum absolute atomic E-state index is 11.8. The molecule has 2 aromatic rings. The molecule has 0 bridgehead atoms. The number of nitrogens with one attached hydrogen (secondary N) is 1. The molecule has 0 spiro atoms. The number of hydrogen-bond acceptors (Lipinski definition) is 3. The van der Waals surface area contributed by atoms with E-state index in [-0.39, 0.29) is 5.91 Å². The Morgan fingerprint density at radius 3 is 2.28 bits per heavy atom. The lowest BCUT2D eigenvalue weighted by Crippen LogP contribution is -2.16. The molecule has 0 fully saturated rings. The van der Waals surface area contributed by atoms with Crippen LogP contribution in [0.4, 0.5) is 0 Å². The van der Waals surface area contributed by atoms with Gasteiger partial charge in [0.05, 0.1) is 6.21 Å². The number of carbonyl (C=O) groups is 1. The van der Waals surface area contributed by atoms with Crippen LogP contribution in [0.1, 0.15) is 75.0 Å². The Morgan fingerprint density at radius 2 is 1.59 bits per heavy atom. The van der Waals surface area contributed by atoms with Gasteiger partial charge in [-0.05, 0) is 48.7 Å². The van der Waals surface area contributed by atoms with E-state index < -0.39 is 0 Å². The van der Waals surface area contributed by atoms with E-state index in [1.54, 1.807) is 6.21 Å². The van der Waals surface area contributed by atoms with E-state index in [2.05, 4.69) is 48.6 Å². The van der Waals surface area contributed by atoms with Gasteiger partial charge in [0.1, 0.15) is 12.4 Å². The number of rotatable bonds is 13. The molecule has 0 aliphatic heterocycles. The van der Waals surface area contributed by atoms with Crippen LogP contribution in [0.15, 0.2) is 53.6 Å². The van der Waals surface area contributed by atoms with Gasteiger partial charge < -0.3 is 4.74 Å². The number of aryl methyl sites for hydroxylation is 1. The predicted octanol–water partition coefficient (Wildman–Crippen LogP) is 6.16. The van der Waals surface area contributed by atoms with Crippen molar-refractivity contribution in [1.29, 1.82) is 0 Å². The Hall–Kier alpha value is -2.62. The summed E-state index contributed by atoms with van der Waals surface area (Å²) in [6, 6.07) is 16.0. The first kappa shape index (κ1) is 22.7. The van der Waals surface area contributed by atoms with Gasteiger partial charge in [-0.15, -0.1) is 0 Å². The van der Waals surface area contributed by atoms with Crippen molar-refractivity contribution in [2.75, 3.05) is 0 Å². The van der Waals surface area contributed by atoms with Gasteiger partial charge in [-0.1, -0.05) is 75.3 Å². The number of hydrazone groups is 1. The van der Waals surface area contributed by atoms with Gasteiger partial charge in [0.25, 0.3) is 0 Å². The lowest BCUT2D eigenvalue weighted by molar-refractivity contribution is -0.121. The number of carbonyl (C=O) groups excluding carboxylic acids is 1. The zero-order chi connectivity index (χ0) is 20.7. The maximum Gasteiger partial charge on any atom is 0.240 e. The summed E-state index contributed by atoms with van der Waals surface area (Å²) in [5.41, 5.74) is 5.91. The molecule has 0 saturated carbocycles. The van der Waals surface area contributed by atoms with Crippen LogP contribution in [0, 0.1) is 6.92 Å². The fourth-order valence-electron chi connectivity index (χ4n) is 2.98. The summed E-state index contributed by atoms with van der Waals surface area (Å²) >= 11 is 0. The normalized spacial score (nSPS) is 11.0. The van der Waals surface area contributed by atoms with Gasteiger partial charge in [-0.25, -0.2) is 5.43 Å². The molecule has 156 valence electrons. The molecule has 4 nitrogen and oxygen atoms in total. The Labute approximate surface area is 175 Å². The number of hydrogen-bond donors (Lipinski definition) is 1. The van der Waals surface area contributed by atoms with Crippen LogP contribution in [-0.2, 0) is 11.4 Å². The molecule has 1 amide bonds. The first-order valence-electron chi connectivity index (χ1n) is 10.8. The number of nitrogens with zero attached hydrogens (tertiary/aromatic N) is 1. The first-order valence-corrected chi connectivity index (χ1v) is 10.8. The molecule has 29 heavy (non-hydrogen) atoms. The molecule has 4 heteroatoms. The maximum atomic E-state index is 11.8. The molecular weight excluding hydrogens is 360 g/mol. The Balaban J connectivity index is 1.62. The van der Waals surface area contributed by atoms with E-state index in [1.807, 2.05) is 24.3 Å². The minimum absolute atomic E-state index is 0.0205. The van der Waals surface area contributed by atoms with E-state index in [9.17, 15) is 4.79 Å². The Morgan fingerprint density at radius 1 is 0.931 bits per heavy atom. The SMILES string of the molecule is CCCCCCCCCC(=O)N/N=C\c1ccc(OCc2ccc(C)cc2)cc1. The van der Waals surface area contributed by atoms with Crippen molar-refractivity contribution < 1.29 is 9.53 Å². The van der Waals surface area contributed by atoms with Crippen molar-refractivity contribution in [2.24, 2.45) is 5.10 Å². The first-order chi connectivity index (χ1) is 14.2. The summed E-state index contributed by atoms with van der Waals surface area (Å²) in [5, 5.41) is 4.05. The van der Waals surface area contributed by atoms with Gasteiger partial charge in [-0.3, -0.25) is 4.79 Å². The zero-order valence-corrected chi connectivity index (χ0v) is 17.8. The van der Waals surface area contributed by atoms with Crippen LogP contribution >= 0.6 is 0 Å². The highest BCUT2D eigenvalue weighted by Crippen LogP contribution is 2.14. The third kappa shape index (κ3) is 9.93. The molecule has 0 aromatic heterocycles. The largest absolute Gasteiger partial charge is 0.489 e. The van der Waals surface area contributed by atoms with Crippen LogP contribution in [0.25, 0.3) is 0 Å². The number of ether oxygens (including phenoxy) is 1. The molecule has 0 unspecified atom stereocenters. The predicted molar refractivity (Wildman–Crippen MR) is 120 cm³/mol. The van der Waals surface area contributed by atoms with E-state index in [0.717, 1.165) is 29.7 Å². The van der Waals surface area contributed by atoms with E-state index in [0.29, 0.717) is 13.0 Å². The van der Waals surface area contributed by atoms with Gasteiger partial charge in [-0.2, -0.15) is 5.10 Å². The summed E-state index contributed by atoms with van der Waals surface area (Å²) in [5.74, 6) is 0.790. The number of benzene rings is 2. The average Bonchev–Trinajstić information content (AvgIpc) is 2.73. The summed E-state index contributed by atoms with van der Waals surface area (Å²) in [4.78, 5) is 11.8. The molecule has 0 radical (unpaired) electrons.